The number of amides is 1. The Kier molecular flexibility index (Phi) is 5.45. The van der Waals surface area contributed by atoms with E-state index < -0.39 is 10.8 Å². The van der Waals surface area contributed by atoms with Crippen molar-refractivity contribution < 1.29 is 19.6 Å². The van der Waals surface area contributed by atoms with Crippen LogP contribution in [0.4, 0.5) is 5.69 Å². The van der Waals surface area contributed by atoms with Gasteiger partial charge >= 0.3 is 0 Å². The van der Waals surface area contributed by atoms with E-state index in [2.05, 4.69) is 10.5 Å². The number of hydrogen-bond acceptors (Lipinski definition) is 6. The number of hydrogen-bond donors (Lipinski definition) is 2. The fourth-order valence-electron chi connectivity index (χ4n) is 1.87. The summed E-state index contributed by atoms with van der Waals surface area (Å²) in [5, 5.41) is 23.9. The molecule has 0 aliphatic heterocycles. The molecule has 124 valence electrons. The van der Waals surface area contributed by atoms with Crippen LogP contribution in [0.2, 0.25) is 0 Å². The van der Waals surface area contributed by atoms with Crippen LogP contribution < -0.4 is 10.2 Å². The Balaban J connectivity index is 1.93. The van der Waals surface area contributed by atoms with Crippen LogP contribution in [0.5, 0.6) is 11.5 Å². The van der Waals surface area contributed by atoms with Crippen molar-refractivity contribution in [1.29, 1.82) is 0 Å². The SMILES string of the molecule is Cc1cccc(OCC(=O)NN=Cc2cc(O)ccc2[N+](=O)[O-])c1. The predicted molar refractivity (Wildman–Crippen MR) is 87.2 cm³/mol. The van der Waals surface area contributed by atoms with Crippen LogP contribution in [0.15, 0.2) is 47.6 Å². The summed E-state index contributed by atoms with van der Waals surface area (Å²) >= 11 is 0. The van der Waals surface area contributed by atoms with Gasteiger partial charge in [0.15, 0.2) is 6.61 Å². The van der Waals surface area contributed by atoms with Gasteiger partial charge in [0.2, 0.25) is 0 Å². The lowest BCUT2D eigenvalue weighted by atomic mass is 10.2. The number of aryl methyl sites for hydroxylation is 1. The average molecular weight is 329 g/mol. The maximum absolute atomic E-state index is 11.6. The molecule has 0 aliphatic carbocycles. The number of phenols is 1. The third kappa shape index (κ3) is 4.80. The maximum atomic E-state index is 11.6. The Morgan fingerprint density at radius 2 is 2.17 bits per heavy atom. The number of aromatic hydroxyl groups is 1. The number of phenolic OH excluding ortho intramolecular Hbond substituents is 1. The minimum Gasteiger partial charge on any atom is -0.508 e. The Morgan fingerprint density at radius 1 is 1.38 bits per heavy atom. The Hall–Kier alpha value is -3.42. The van der Waals surface area contributed by atoms with Gasteiger partial charge in [0, 0.05) is 6.07 Å². The van der Waals surface area contributed by atoms with Gasteiger partial charge in [0.1, 0.15) is 11.5 Å². The topological polar surface area (TPSA) is 114 Å². The highest BCUT2D eigenvalue weighted by Gasteiger charge is 2.12. The van der Waals surface area contributed by atoms with Gasteiger partial charge in [-0.25, -0.2) is 5.43 Å². The molecule has 1 amide bonds. The minimum absolute atomic E-state index is 0.0694. The van der Waals surface area contributed by atoms with Crippen molar-refractivity contribution in [1.82, 2.24) is 5.43 Å². The lowest BCUT2D eigenvalue weighted by Crippen LogP contribution is -2.24. The maximum Gasteiger partial charge on any atom is 0.278 e. The molecule has 0 spiro atoms. The molecule has 2 N–H and O–H groups in total. The third-order valence-corrected chi connectivity index (χ3v) is 2.96. The fourth-order valence-corrected chi connectivity index (χ4v) is 1.87. The molecule has 2 rings (SSSR count). The molecule has 0 heterocycles. The molecule has 2 aromatic rings. The van der Waals surface area contributed by atoms with Crippen molar-refractivity contribution >= 4 is 17.8 Å². The number of benzene rings is 2. The summed E-state index contributed by atoms with van der Waals surface area (Å²) in [4.78, 5) is 21.9. The number of nitro groups is 1. The fraction of sp³-hybridized carbons (Fsp3) is 0.125. The molecule has 0 aliphatic rings. The summed E-state index contributed by atoms with van der Waals surface area (Å²) in [6, 6.07) is 10.7. The number of carbonyl (C=O) groups excluding carboxylic acids is 1. The summed E-state index contributed by atoms with van der Waals surface area (Å²) < 4.78 is 5.30. The standard InChI is InChI=1S/C16H15N3O5/c1-11-3-2-4-14(7-11)24-10-16(21)18-17-9-12-8-13(20)5-6-15(12)19(22)23/h2-9,20H,10H2,1H3,(H,18,21). The zero-order valence-electron chi connectivity index (χ0n) is 12.8. The molecule has 24 heavy (non-hydrogen) atoms. The number of carbonyl (C=O) groups is 1. The first-order valence-electron chi connectivity index (χ1n) is 6.94. The van der Waals surface area contributed by atoms with Crippen LogP contribution in [0.3, 0.4) is 0 Å². The summed E-state index contributed by atoms with van der Waals surface area (Å²) in [6.45, 7) is 1.66. The van der Waals surface area contributed by atoms with Crippen molar-refractivity contribution in [3.05, 3.63) is 63.7 Å². The van der Waals surface area contributed by atoms with Gasteiger partial charge in [0.25, 0.3) is 11.6 Å². The van der Waals surface area contributed by atoms with E-state index in [-0.39, 0.29) is 23.6 Å². The Labute approximate surface area is 137 Å². The second-order valence-electron chi connectivity index (χ2n) is 4.90. The molecule has 0 saturated heterocycles. The van der Waals surface area contributed by atoms with Gasteiger partial charge < -0.3 is 9.84 Å². The average Bonchev–Trinajstić information content (AvgIpc) is 2.53. The van der Waals surface area contributed by atoms with Gasteiger partial charge in [-0.15, -0.1) is 0 Å². The predicted octanol–water partition coefficient (Wildman–Crippen LogP) is 2.14. The third-order valence-electron chi connectivity index (χ3n) is 2.96. The largest absolute Gasteiger partial charge is 0.508 e. The highest BCUT2D eigenvalue weighted by Crippen LogP contribution is 2.21. The van der Waals surface area contributed by atoms with Crippen LogP contribution >= 0.6 is 0 Å². The molecule has 8 heteroatoms. The van der Waals surface area contributed by atoms with Gasteiger partial charge in [-0.2, -0.15) is 5.10 Å². The van der Waals surface area contributed by atoms with Crippen LogP contribution in [-0.2, 0) is 4.79 Å². The van der Waals surface area contributed by atoms with Crippen molar-refractivity contribution in [2.24, 2.45) is 5.10 Å². The van der Waals surface area contributed by atoms with E-state index in [0.29, 0.717) is 5.75 Å². The van der Waals surface area contributed by atoms with Crippen molar-refractivity contribution in [2.45, 2.75) is 6.92 Å². The zero-order valence-corrected chi connectivity index (χ0v) is 12.8. The highest BCUT2D eigenvalue weighted by atomic mass is 16.6. The summed E-state index contributed by atoms with van der Waals surface area (Å²) in [6.07, 6.45) is 1.09. The van der Waals surface area contributed by atoms with E-state index in [4.69, 9.17) is 4.74 Å². The molecule has 0 radical (unpaired) electrons. The second kappa shape index (κ2) is 7.73. The molecular formula is C16H15N3O5. The first-order valence-corrected chi connectivity index (χ1v) is 6.94. The molecular weight excluding hydrogens is 314 g/mol. The first kappa shape index (κ1) is 16.9. The second-order valence-corrected chi connectivity index (χ2v) is 4.90. The van der Waals surface area contributed by atoms with E-state index in [9.17, 15) is 20.0 Å². The summed E-state index contributed by atoms with van der Waals surface area (Å²) in [5.74, 6) is -0.107. The quantitative estimate of drug-likeness (QED) is 0.479. The molecule has 0 aromatic heterocycles. The van der Waals surface area contributed by atoms with Crippen LogP contribution in [0.25, 0.3) is 0 Å². The molecule has 2 aromatic carbocycles. The Bertz CT molecular complexity index is 789. The number of rotatable bonds is 6. The normalized spacial score (nSPS) is 10.5. The summed E-state index contributed by atoms with van der Waals surface area (Å²) in [7, 11) is 0. The number of nitrogens with one attached hydrogen (secondary N) is 1. The van der Waals surface area contributed by atoms with Crippen molar-refractivity contribution in [2.75, 3.05) is 6.61 Å². The number of ether oxygens (including phenoxy) is 1. The molecule has 0 bridgehead atoms. The van der Waals surface area contributed by atoms with Gasteiger partial charge in [-0.05, 0) is 36.8 Å². The van der Waals surface area contributed by atoms with Crippen LogP contribution in [0.1, 0.15) is 11.1 Å². The van der Waals surface area contributed by atoms with E-state index in [0.717, 1.165) is 17.8 Å². The number of nitrogens with zero attached hydrogens (tertiary/aromatic N) is 2. The van der Waals surface area contributed by atoms with E-state index in [1.807, 2.05) is 19.1 Å². The summed E-state index contributed by atoms with van der Waals surface area (Å²) in [5.41, 5.74) is 3.04. The van der Waals surface area contributed by atoms with E-state index in [1.165, 1.54) is 12.1 Å². The number of nitro benzene ring substituents is 1. The van der Waals surface area contributed by atoms with Gasteiger partial charge in [-0.1, -0.05) is 12.1 Å². The Morgan fingerprint density at radius 3 is 2.88 bits per heavy atom. The molecule has 8 nitrogen and oxygen atoms in total. The molecule has 0 saturated carbocycles. The van der Waals surface area contributed by atoms with Gasteiger partial charge in [-0.3, -0.25) is 14.9 Å². The monoisotopic (exact) mass is 329 g/mol. The lowest BCUT2D eigenvalue weighted by molar-refractivity contribution is -0.385. The van der Waals surface area contributed by atoms with E-state index >= 15 is 0 Å². The molecule has 0 atom stereocenters. The molecule has 0 fully saturated rings. The lowest BCUT2D eigenvalue weighted by Gasteiger charge is -2.05. The van der Waals surface area contributed by atoms with Crippen LogP contribution in [0, 0.1) is 17.0 Å². The van der Waals surface area contributed by atoms with E-state index in [1.54, 1.807) is 12.1 Å². The molecule has 0 unspecified atom stereocenters. The van der Waals surface area contributed by atoms with Crippen molar-refractivity contribution in [3.63, 3.8) is 0 Å². The van der Waals surface area contributed by atoms with Crippen LogP contribution in [-0.4, -0.2) is 28.8 Å². The zero-order chi connectivity index (χ0) is 17.5. The smallest absolute Gasteiger partial charge is 0.278 e. The van der Waals surface area contributed by atoms with Gasteiger partial charge in [0.05, 0.1) is 16.7 Å². The highest BCUT2D eigenvalue weighted by molar-refractivity contribution is 5.87. The number of hydrazone groups is 1. The minimum atomic E-state index is -0.608. The first-order chi connectivity index (χ1) is 11.5. The van der Waals surface area contributed by atoms with Crippen molar-refractivity contribution in [3.8, 4) is 11.5 Å².